The number of halogens is 1. The number of amides is 1. The Balaban J connectivity index is 1.86. The van der Waals surface area contributed by atoms with Gasteiger partial charge in [0.05, 0.1) is 20.3 Å². The Morgan fingerprint density at radius 1 is 0.941 bits per heavy atom. The highest BCUT2D eigenvalue weighted by molar-refractivity contribution is 6.31. The second kappa shape index (κ2) is 11.4. The van der Waals surface area contributed by atoms with E-state index >= 15 is 0 Å². The van der Waals surface area contributed by atoms with Gasteiger partial charge in [-0.05, 0) is 48.4 Å². The first kappa shape index (κ1) is 24.9. The largest absolute Gasteiger partial charge is 0.493 e. The minimum Gasteiger partial charge on any atom is -0.493 e. The van der Waals surface area contributed by atoms with E-state index in [1.165, 1.54) is 18.2 Å². The number of hydrogen-bond donors (Lipinski definition) is 1. The molecule has 0 aliphatic heterocycles. The Hall–Kier alpha value is -3.71. The van der Waals surface area contributed by atoms with Crippen LogP contribution in [0.4, 0.5) is 0 Å². The first-order chi connectivity index (χ1) is 16.3. The quantitative estimate of drug-likeness (QED) is 0.425. The van der Waals surface area contributed by atoms with Crippen molar-refractivity contribution in [1.82, 2.24) is 4.90 Å². The average Bonchev–Trinajstić information content (AvgIpc) is 2.86. The molecule has 34 heavy (non-hydrogen) atoms. The summed E-state index contributed by atoms with van der Waals surface area (Å²) in [5.74, 6) is -0.276. The van der Waals surface area contributed by atoms with Crippen LogP contribution in [0.25, 0.3) is 0 Å². The standard InChI is InChI=1S/C26H26ClNO6/c1-17(19-7-5-4-6-8-19)28(15-18-9-11-23(32-2)24(13-18)33-3)25(29)16-34-22-12-10-20(27)14-21(22)26(30)31/h4-14,17H,15-16H2,1-3H3,(H,30,31)/t17-/m1/s1. The van der Waals surface area contributed by atoms with Gasteiger partial charge in [-0.15, -0.1) is 0 Å². The van der Waals surface area contributed by atoms with Crippen LogP contribution in [-0.2, 0) is 11.3 Å². The van der Waals surface area contributed by atoms with Gasteiger partial charge in [-0.3, -0.25) is 4.79 Å². The molecule has 0 unspecified atom stereocenters. The molecular formula is C26H26ClNO6. The van der Waals surface area contributed by atoms with E-state index in [0.29, 0.717) is 11.5 Å². The van der Waals surface area contributed by atoms with Gasteiger partial charge in [-0.2, -0.15) is 0 Å². The van der Waals surface area contributed by atoms with E-state index in [1.54, 1.807) is 25.2 Å². The summed E-state index contributed by atoms with van der Waals surface area (Å²) in [6.45, 7) is 1.87. The highest BCUT2D eigenvalue weighted by Gasteiger charge is 2.24. The summed E-state index contributed by atoms with van der Waals surface area (Å²) in [4.78, 5) is 26.5. The first-order valence-corrected chi connectivity index (χ1v) is 10.9. The van der Waals surface area contributed by atoms with Gasteiger partial charge < -0.3 is 24.2 Å². The molecule has 0 saturated carbocycles. The van der Waals surface area contributed by atoms with Gasteiger partial charge in [0.25, 0.3) is 5.91 Å². The lowest BCUT2D eigenvalue weighted by atomic mass is 10.1. The minimum absolute atomic E-state index is 0.0729. The molecule has 1 N–H and O–H groups in total. The Labute approximate surface area is 203 Å². The summed E-state index contributed by atoms with van der Waals surface area (Å²) in [6.07, 6.45) is 0. The number of hydrogen-bond acceptors (Lipinski definition) is 5. The number of aromatic carboxylic acids is 1. The van der Waals surface area contributed by atoms with Gasteiger partial charge in [-0.25, -0.2) is 4.79 Å². The minimum atomic E-state index is -1.19. The fourth-order valence-electron chi connectivity index (χ4n) is 3.55. The van der Waals surface area contributed by atoms with Crippen LogP contribution in [0.3, 0.4) is 0 Å². The number of carbonyl (C=O) groups excluding carboxylic acids is 1. The molecule has 1 atom stereocenters. The molecule has 1 amide bonds. The van der Waals surface area contributed by atoms with Crippen molar-refractivity contribution in [2.45, 2.75) is 19.5 Å². The average molecular weight is 484 g/mol. The number of carboxylic acids is 1. The van der Waals surface area contributed by atoms with Crippen LogP contribution in [0.2, 0.25) is 5.02 Å². The van der Waals surface area contributed by atoms with E-state index in [9.17, 15) is 14.7 Å². The summed E-state index contributed by atoms with van der Waals surface area (Å²) in [5.41, 5.74) is 1.68. The third-order valence-corrected chi connectivity index (χ3v) is 5.63. The molecule has 0 aromatic heterocycles. The van der Waals surface area contributed by atoms with Gasteiger partial charge in [0, 0.05) is 11.6 Å². The maximum atomic E-state index is 13.3. The molecule has 0 aliphatic rings. The van der Waals surface area contributed by atoms with Crippen LogP contribution < -0.4 is 14.2 Å². The Morgan fingerprint density at radius 2 is 1.62 bits per heavy atom. The Morgan fingerprint density at radius 3 is 2.26 bits per heavy atom. The van der Waals surface area contributed by atoms with Crippen LogP contribution >= 0.6 is 11.6 Å². The number of rotatable bonds is 10. The van der Waals surface area contributed by atoms with Crippen molar-refractivity contribution < 1.29 is 28.9 Å². The molecule has 0 saturated heterocycles. The zero-order valence-electron chi connectivity index (χ0n) is 19.2. The fourth-order valence-corrected chi connectivity index (χ4v) is 3.72. The smallest absolute Gasteiger partial charge is 0.339 e. The highest BCUT2D eigenvalue weighted by Crippen LogP contribution is 2.30. The zero-order chi connectivity index (χ0) is 24.7. The predicted molar refractivity (Wildman–Crippen MR) is 129 cm³/mol. The molecule has 3 aromatic carbocycles. The van der Waals surface area contributed by atoms with E-state index < -0.39 is 5.97 Å². The third-order valence-electron chi connectivity index (χ3n) is 5.39. The lowest BCUT2D eigenvalue weighted by Crippen LogP contribution is -2.36. The van der Waals surface area contributed by atoms with Crippen molar-refractivity contribution in [3.05, 3.63) is 88.4 Å². The molecule has 8 heteroatoms. The van der Waals surface area contributed by atoms with E-state index in [2.05, 4.69) is 0 Å². The van der Waals surface area contributed by atoms with Crippen LogP contribution in [-0.4, -0.2) is 42.7 Å². The normalized spacial score (nSPS) is 11.4. The van der Waals surface area contributed by atoms with Gasteiger partial charge in [0.1, 0.15) is 11.3 Å². The van der Waals surface area contributed by atoms with Crippen molar-refractivity contribution in [2.24, 2.45) is 0 Å². The molecule has 0 aliphatic carbocycles. The fraction of sp³-hybridized carbons (Fsp3) is 0.231. The SMILES string of the molecule is COc1ccc(CN(C(=O)COc2ccc(Cl)cc2C(=O)O)[C@H](C)c2ccccc2)cc1OC. The number of carboxylic acid groups (broad SMARTS) is 1. The summed E-state index contributed by atoms with van der Waals surface area (Å²) in [6, 6.07) is 19.1. The summed E-state index contributed by atoms with van der Waals surface area (Å²) in [5, 5.41) is 9.70. The summed E-state index contributed by atoms with van der Waals surface area (Å²) < 4.78 is 16.3. The van der Waals surface area contributed by atoms with E-state index in [4.69, 9.17) is 25.8 Å². The maximum Gasteiger partial charge on any atom is 0.339 e. The predicted octanol–water partition coefficient (Wildman–Crippen LogP) is 5.22. The van der Waals surface area contributed by atoms with E-state index in [-0.39, 0.29) is 41.4 Å². The second-order valence-corrected chi connectivity index (χ2v) is 7.97. The molecule has 178 valence electrons. The molecule has 0 radical (unpaired) electrons. The van der Waals surface area contributed by atoms with Gasteiger partial charge in [-0.1, -0.05) is 48.0 Å². The Bertz CT molecular complexity index is 1150. The Kier molecular flexibility index (Phi) is 8.38. The molecule has 0 bridgehead atoms. The summed E-state index contributed by atoms with van der Waals surface area (Å²) >= 11 is 5.91. The third kappa shape index (κ3) is 5.99. The lowest BCUT2D eigenvalue weighted by molar-refractivity contribution is -0.136. The monoisotopic (exact) mass is 483 g/mol. The van der Waals surface area contributed by atoms with E-state index in [1.807, 2.05) is 49.4 Å². The first-order valence-electron chi connectivity index (χ1n) is 10.5. The molecule has 0 heterocycles. The topological polar surface area (TPSA) is 85.3 Å². The summed E-state index contributed by atoms with van der Waals surface area (Å²) in [7, 11) is 3.11. The van der Waals surface area contributed by atoms with Crippen molar-refractivity contribution in [3.8, 4) is 17.2 Å². The molecule has 0 fully saturated rings. The highest BCUT2D eigenvalue weighted by atomic mass is 35.5. The number of methoxy groups -OCH3 is 2. The van der Waals surface area contributed by atoms with Crippen LogP contribution in [0.15, 0.2) is 66.7 Å². The van der Waals surface area contributed by atoms with Gasteiger partial charge in [0.2, 0.25) is 0 Å². The van der Waals surface area contributed by atoms with Gasteiger partial charge in [0.15, 0.2) is 18.1 Å². The number of carbonyl (C=O) groups is 2. The van der Waals surface area contributed by atoms with Crippen LogP contribution in [0.5, 0.6) is 17.2 Å². The van der Waals surface area contributed by atoms with E-state index in [0.717, 1.165) is 11.1 Å². The molecule has 7 nitrogen and oxygen atoms in total. The van der Waals surface area contributed by atoms with Crippen LogP contribution in [0.1, 0.15) is 34.5 Å². The van der Waals surface area contributed by atoms with Gasteiger partial charge >= 0.3 is 5.97 Å². The molecular weight excluding hydrogens is 458 g/mol. The maximum absolute atomic E-state index is 13.3. The number of benzene rings is 3. The molecule has 0 spiro atoms. The van der Waals surface area contributed by atoms with Crippen molar-refractivity contribution in [3.63, 3.8) is 0 Å². The lowest BCUT2D eigenvalue weighted by Gasteiger charge is -2.30. The number of ether oxygens (including phenoxy) is 3. The number of nitrogens with zero attached hydrogens (tertiary/aromatic N) is 1. The van der Waals surface area contributed by atoms with Crippen molar-refractivity contribution >= 4 is 23.5 Å². The van der Waals surface area contributed by atoms with Crippen LogP contribution in [0, 0.1) is 0 Å². The molecule has 3 aromatic rings. The van der Waals surface area contributed by atoms with Crippen molar-refractivity contribution in [2.75, 3.05) is 20.8 Å². The van der Waals surface area contributed by atoms with Crippen molar-refractivity contribution in [1.29, 1.82) is 0 Å². The molecule has 3 rings (SSSR count). The second-order valence-electron chi connectivity index (χ2n) is 7.53. The zero-order valence-corrected chi connectivity index (χ0v) is 19.9.